The summed E-state index contributed by atoms with van der Waals surface area (Å²) in [5, 5.41) is 3.92. The number of benzene rings is 1. The van der Waals surface area contributed by atoms with Crippen molar-refractivity contribution in [1.29, 1.82) is 0 Å². The van der Waals surface area contributed by atoms with Gasteiger partial charge >= 0.3 is 0 Å². The van der Waals surface area contributed by atoms with Gasteiger partial charge in [0.2, 0.25) is 0 Å². The van der Waals surface area contributed by atoms with Gasteiger partial charge in [-0.05, 0) is 54.5 Å². The molecule has 1 aliphatic carbocycles. The number of hydrogen-bond acceptors (Lipinski definition) is 4. The van der Waals surface area contributed by atoms with E-state index in [1.165, 1.54) is 0 Å². The molecule has 1 saturated heterocycles. The van der Waals surface area contributed by atoms with Gasteiger partial charge in [-0.2, -0.15) is 0 Å². The van der Waals surface area contributed by atoms with Gasteiger partial charge in [0.25, 0.3) is 5.91 Å². The lowest BCUT2D eigenvalue weighted by Gasteiger charge is -2.10. The van der Waals surface area contributed by atoms with Crippen LogP contribution in [0.5, 0.6) is 0 Å². The van der Waals surface area contributed by atoms with Crippen molar-refractivity contribution < 1.29 is 14.3 Å². The number of nitrogens with one attached hydrogen (secondary N) is 2. The number of H-pyrrole nitrogens is 1. The van der Waals surface area contributed by atoms with Crippen LogP contribution in [-0.2, 0) is 11.2 Å². The predicted molar refractivity (Wildman–Crippen MR) is 114 cm³/mol. The minimum absolute atomic E-state index is 0.0865. The number of fused-ring (bicyclic) bond motifs is 2. The maximum atomic E-state index is 13.0. The number of amides is 1. The SMILES string of the molecule is CCNC(=O)c1cc(C(=O)CC2[C@H]3COC[C@@H]23)cc(Cc2cccc3[nH]ccc23)n1. The number of aromatic nitrogens is 2. The maximum Gasteiger partial charge on any atom is 0.269 e. The second-order valence-electron chi connectivity index (χ2n) is 8.28. The molecule has 1 saturated carbocycles. The van der Waals surface area contributed by atoms with Crippen LogP contribution in [0.1, 0.15) is 45.4 Å². The molecule has 0 radical (unpaired) electrons. The molecule has 30 heavy (non-hydrogen) atoms. The molecular weight excluding hydrogens is 378 g/mol. The van der Waals surface area contributed by atoms with Crippen LogP contribution in [0.15, 0.2) is 42.6 Å². The van der Waals surface area contributed by atoms with Crippen LogP contribution in [0.2, 0.25) is 0 Å². The van der Waals surface area contributed by atoms with Crippen LogP contribution in [0.4, 0.5) is 0 Å². The summed E-state index contributed by atoms with van der Waals surface area (Å²) in [6.07, 6.45) is 2.99. The molecule has 1 amide bonds. The summed E-state index contributed by atoms with van der Waals surface area (Å²) in [6, 6.07) is 11.6. The van der Waals surface area contributed by atoms with E-state index < -0.39 is 0 Å². The van der Waals surface area contributed by atoms with Crippen LogP contribution in [0.3, 0.4) is 0 Å². The molecule has 2 aromatic heterocycles. The zero-order chi connectivity index (χ0) is 20.7. The first-order valence-corrected chi connectivity index (χ1v) is 10.6. The van der Waals surface area contributed by atoms with Crippen molar-refractivity contribution in [1.82, 2.24) is 15.3 Å². The summed E-state index contributed by atoms with van der Waals surface area (Å²) in [4.78, 5) is 33.3. The number of Topliss-reactive ketones (excluding diaryl/α,β-unsaturated/α-hetero) is 1. The Bertz CT molecular complexity index is 1110. The molecular formula is C24H25N3O3. The van der Waals surface area contributed by atoms with Crippen molar-refractivity contribution in [3.63, 3.8) is 0 Å². The first-order valence-electron chi connectivity index (χ1n) is 10.6. The highest BCUT2D eigenvalue weighted by atomic mass is 16.5. The monoisotopic (exact) mass is 403 g/mol. The molecule has 3 atom stereocenters. The Kier molecular flexibility index (Phi) is 4.87. The van der Waals surface area contributed by atoms with E-state index in [4.69, 9.17) is 4.74 Å². The Balaban J connectivity index is 1.44. The summed E-state index contributed by atoms with van der Waals surface area (Å²) < 4.78 is 5.44. The second kappa shape index (κ2) is 7.69. The van der Waals surface area contributed by atoms with Crippen molar-refractivity contribution in [2.45, 2.75) is 19.8 Å². The van der Waals surface area contributed by atoms with E-state index in [0.29, 0.717) is 48.4 Å². The van der Waals surface area contributed by atoms with Gasteiger partial charge in [0, 0.05) is 47.7 Å². The number of aromatic amines is 1. The average molecular weight is 403 g/mol. The number of nitrogens with zero attached hydrogens (tertiary/aromatic N) is 1. The molecule has 2 N–H and O–H groups in total. The van der Waals surface area contributed by atoms with E-state index in [-0.39, 0.29) is 11.7 Å². The maximum absolute atomic E-state index is 13.0. The molecule has 2 fully saturated rings. The minimum atomic E-state index is -0.245. The average Bonchev–Trinajstić information content (AvgIpc) is 3.13. The van der Waals surface area contributed by atoms with Crippen molar-refractivity contribution in [2.75, 3.05) is 19.8 Å². The van der Waals surface area contributed by atoms with Crippen molar-refractivity contribution in [3.8, 4) is 0 Å². The first-order chi connectivity index (χ1) is 14.6. The number of hydrogen-bond donors (Lipinski definition) is 2. The number of rotatable bonds is 7. The van der Waals surface area contributed by atoms with E-state index >= 15 is 0 Å². The molecule has 3 heterocycles. The minimum Gasteiger partial charge on any atom is -0.381 e. The number of ether oxygens (including phenoxy) is 1. The molecule has 1 unspecified atom stereocenters. The molecule has 3 aromatic rings. The Hall–Kier alpha value is -2.99. The van der Waals surface area contributed by atoms with E-state index in [9.17, 15) is 9.59 Å². The van der Waals surface area contributed by atoms with Crippen LogP contribution in [0, 0.1) is 17.8 Å². The number of ketones is 1. The zero-order valence-electron chi connectivity index (χ0n) is 17.0. The summed E-state index contributed by atoms with van der Waals surface area (Å²) in [5.74, 6) is 1.33. The van der Waals surface area contributed by atoms with Gasteiger partial charge in [-0.25, -0.2) is 4.98 Å². The van der Waals surface area contributed by atoms with Crippen molar-refractivity contribution in [2.24, 2.45) is 17.8 Å². The first kappa shape index (κ1) is 19.0. The molecule has 0 bridgehead atoms. The number of carbonyl (C=O) groups is 2. The van der Waals surface area contributed by atoms with E-state index in [1.807, 2.05) is 37.4 Å². The fraction of sp³-hybridized carbons (Fsp3) is 0.375. The molecule has 1 aromatic carbocycles. The quantitative estimate of drug-likeness (QED) is 0.593. The topological polar surface area (TPSA) is 84.1 Å². The lowest BCUT2D eigenvalue weighted by atomic mass is 9.99. The van der Waals surface area contributed by atoms with E-state index in [2.05, 4.69) is 21.4 Å². The molecule has 2 aliphatic rings. The predicted octanol–water partition coefficient (Wildman–Crippen LogP) is 3.37. The van der Waals surface area contributed by atoms with Crippen molar-refractivity contribution >= 4 is 22.6 Å². The van der Waals surface area contributed by atoms with Crippen LogP contribution < -0.4 is 5.32 Å². The molecule has 154 valence electrons. The lowest BCUT2D eigenvalue weighted by molar-refractivity contribution is 0.0950. The third-order valence-electron chi connectivity index (χ3n) is 6.38. The van der Waals surface area contributed by atoms with Gasteiger partial charge in [-0.3, -0.25) is 9.59 Å². The third kappa shape index (κ3) is 3.52. The highest BCUT2D eigenvalue weighted by Gasteiger charge is 2.54. The Morgan fingerprint density at radius 2 is 2.03 bits per heavy atom. The van der Waals surface area contributed by atoms with E-state index in [0.717, 1.165) is 35.4 Å². The highest BCUT2D eigenvalue weighted by Crippen LogP contribution is 2.52. The van der Waals surface area contributed by atoms with Gasteiger partial charge in [0.1, 0.15) is 5.69 Å². The Morgan fingerprint density at radius 3 is 2.83 bits per heavy atom. The zero-order valence-corrected chi connectivity index (χ0v) is 17.0. The summed E-state index contributed by atoms with van der Waals surface area (Å²) in [6.45, 7) is 3.93. The molecule has 6 nitrogen and oxygen atoms in total. The number of carbonyl (C=O) groups excluding carboxylic acids is 2. The molecule has 5 rings (SSSR count). The fourth-order valence-electron chi connectivity index (χ4n) is 4.70. The summed E-state index contributed by atoms with van der Waals surface area (Å²) in [7, 11) is 0. The standard InChI is InChI=1S/C24H25N3O3/c1-2-25-24(29)22-10-15(23(28)11-18-19-12-30-13-20(18)19)9-16(27-22)8-14-4-3-5-21-17(14)6-7-26-21/h3-7,9-10,18-20,26H,2,8,11-13H2,1H3,(H,25,29)/t18?,19-,20+. The van der Waals surface area contributed by atoms with Gasteiger partial charge in [-0.15, -0.1) is 0 Å². The summed E-state index contributed by atoms with van der Waals surface area (Å²) in [5.41, 5.74) is 3.79. The Morgan fingerprint density at radius 1 is 1.20 bits per heavy atom. The van der Waals surface area contributed by atoms with Crippen LogP contribution in [-0.4, -0.2) is 41.4 Å². The van der Waals surface area contributed by atoms with Gasteiger partial charge < -0.3 is 15.0 Å². The van der Waals surface area contributed by atoms with Crippen molar-refractivity contribution in [3.05, 3.63) is 65.1 Å². The van der Waals surface area contributed by atoms with Gasteiger partial charge in [0.15, 0.2) is 5.78 Å². The van der Waals surface area contributed by atoms with Gasteiger partial charge in [-0.1, -0.05) is 12.1 Å². The molecule has 0 spiro atoms. The van der Waals surface area contributed by atoms with Crippen LogP contribution in [0.25, 0.3) is 10.9 Å². The highest BCUT2D eigenvalue weighted by molar-refractivity contribution is 6.00. The summed E-state index contributed by atoms with van der Waals surface area (Å²) >= 11 is 0. The molecule has 1 aliphatic heterocycles. The normalized spacial score (nSPS) is 22.1. The fourth-order valence-corrected chi connectivity index (χ4v) is 4.70. The second-order valence-corrected chi connectivity index (χ2v) is 8.28. The lowest BCUT2D eigenvalue weighted by Crippen LogP contribution is -2.24. The molecule has 6 heteroatoms. The number of pyridine rings is 1. The Labute approximate surface area is 175 Å². The smallest absolute Gasteiger partial charge is 0.269 e. The van der Waals surface area contributed by atoms with Gasteiger partial charge in [0.05, 0.1) is 13.2 Å². The largest absolute Gasteiger partial charge is 0.381 e. The third-order valence-corrected chi connectivity index (χ3v) is 6.38. The van der Waals surface area contributed by atoms with Crippen LogP contribution >= 0.6 is 0 Å². The van der Waals surface area contributed by atoms with E-state index in [1.54, 1.807) is 6.07 Å².